The van der Waals surface area contributed by atoms with Crippen LogP contribution >= 0.6 is 15.9 Å². The number of benzene rings is 2. The van der Waals surface area contributed by atoms with E-state index in [9.17, 15) is 9.59 Å². The van der Waals surface area contributed by atoms with Crippen LogP contribution < -0.4 is 4.74 Å². The van der Waals surface area contributed by atoms with Crippen molar-refractivity contribution >= 4 is 27.7 Å². The van der Waals surface area contributed by atoms with E-state index in [4.69, 9.17) is 4.74 Å². The summed E-state index contributed by atoms with van der Waals surface area (Å²) in [6.45, 7) is 2.19. The first-order valence-electron chi connectivity index (χ1n) is 9.99. The van der Waals surface area contributed by atoms with Gasteiger partial charge in [-0.25, -0.2) is 4.90 Å². The van der Waals surface area contributed by atoms with Gasteiger partial charge in [-0.1, -0.05) is 79.2 Å². The van der Waals surface area contributed by atoms with Crippen molar-refractivity contribution in [1.29, 1.82) is 0 Å². The zero-order valence-corrected chi connectivity index (χ0v) is 17.8. The van der Waals surface area contributed by atoms with Crippen molar-refractivity contribution in [2.45, 2.75) is 58.1 Å². The highest BCUT2D eigenvalue weighted by atomic mass is 79.9. The number of hydrogen-bond donors (Lipinski definition) is 0. The molecular weight excluding hydrogens is 418 g/mol. The molecule has 148 valence electrons. The van der Waals surface area contributed by atoms with Crippen LogP contribution in [0.15, 0.2) is 53.0 Å². The van der Waals surface area contributed by atoms with Gasteiger partial charge in [-0.15, -0.1) is 0 Å². The van der Waals surface area contributed by atoms with Gasteiger partial charge in [0.25, 0.3) is 5.91 Å². The van der Waals surface area contributed by atoms with Gasteiger partial charge in [0, 0.05) is 16.5 Å². The van der Waals surface area contributed by atoms with E-state index in [1.807, 2.05) is 30.3 Å². The van der Waals surface area contributed by atoms with Gasteiger partial charge in [-0.2, -0.15) is 0 Å². The average Bonchev–Trinajstić information content (AvgIpc) is 2.71. The molecule has 1 heterocycles. The molecule has 1 atom stereocenters. The number of ether oxygens (including phenoxy) is 1. The minimum atomic E-state index is -0.733. The second-order valence-electron chi connectivity index (χ2n) is 7.10. The molecule has 5 heteroatoms. The summed E-state index contributed by atoms with van der Waals surface area (Å²) < 4.78 is 7.02. The lowest BCUT2D eigenvalue weighted by Gasteiger charge is -2.35. The van der Waals surface area contributed by atoms with E-state index in [1.54, 1.807) is 18.2 Å². The Morgan fingerprint density at radius 3 is 2.43 bits per heavy atom. The third kappa shape index (κ3) is 4.82. The topological polar surface area (TPSA) is 46.6 Å². The van der Waals surface area contributed by atoms with Crippen LogP contribution in [0.5, 0.6) is 5.75 Å². The van der Waals surface area contributed by atoms with Crippen LogP contribution in [0.3, 0.4) is 0 Å². The molecule has 0 saturated carbocycles. The lowest BCUT2D eigenvalue weighted by molar-refractivity contribution is -0.136. The maximum atomic E-state index is 13.1. The fourth-order valence-electron chi connectivity index (χ4n) is 3.42. The van der Waals surface area contributed by atoms with Gasteiger partial charge in [-0.05, 0) is 30.7 Å². The molecule has 0 fully saturated rings. The Morgan fingerprint density at radius 2 is 1.68 bits per heavy atom. The summed E-state index contributed by atoms with van der Waals surface area (Å²) in [6, 6.07) is 14.6. The molecule has 3 rings (SSSR count). The van der Waals surface area contributed by atoms with Gasteiger partial charge in [0.15, 0.2) is 0 Å². The number of hydrogen-bond acceptors (Lipinski definition) is 3. The standard InChI is InChI=1S/C23H26BrNO3/c1-2-3-4-5-6-7-12-21(26)25-22(27)19-10-8-9-11-20(19)28-23(25)17-13-15-18(24)16-14-17/h8-11,13-16,23H,2-7,12H2,1H3/t23-/m0/s1. The van der Waals surface area contributed by atoms with Gasteiger partial charge in [-0.3, -0.25) is 9.59 Å². The molecule has 0 radical (unpaired) electrons. The third-order valence-corrected chi connectivity index (χ3v) is 5.51. The quantitative estimate of drug-likeness (QED) is 0.452. The molecule has 0 aliphatic carbocycles. The van der Waals surface area contributed by atoms with Gasteiger partial charge in [0.05, 0.1) is 5.56 Å². The summed E-state index contributed by atoms with van der Waals surface area (Å²) in [4.78, 5) is 27.4. The Labute approximate surface area is 175 Å². The largest absolute Gasteiger partial charge is 0.465 e. The molecule has 0 bridgehead atoms. The number of nitrogens with zero attached hydrogens (tertiary/aromatic N) is 1. The number of amides is 2. The van der Waals surface area contributed by atoms with E-state index in [0.717, 1.165) is 29.3 Å². The number of carbonyl (C=O) groups excluding carboxylic acids is 2. The molecule has 4 nitrogen and oxygen atoms in total. The van der Waals surface area contributed by atoms with Crippen molar-refractivity contribution in [2.24, 2.45) is 0 Å². The minimum absolute atomic E-state index is 0.178. The number of rotatable bonds is 8. The fourth-order valence-corrected chi connectivity index (χ4v) is 3.69. The molecule has 28 heavy (non-hydrogen) atoms. The van der Waals surface area contributed by atoms with Crippen molar-refractivity contribution in [3.05, 3.63) is 64.1 Å². The summed E-state index contributed by atoms with van der Waals surface area (Å²) in [7, 11) is 0. The zero-order chi connectivity index (χ0) is 19.9. The maximum Gasteiger partial charge on any atom is 0.267 e. The first-order chi connectivity index (χ1) is 13.6. The van der Waals surface area contributed by atoms with Crippen molar-refractivity contribution in [3.8, 4) is 5.75 Å². The molecule has 0 aromatic heterocycles. The summed E-state index contributed by atoms with van der Waals surface area (Å²) in [5.41, 5.74) is 1.22. The Hall–Kier alpha value is -2.14. The van der Waals surface area contributed by atoms with E-state index >= 15 is 0 Å². The second-order valence-corrected chi connectivity index (χ2v) is 8.02. The van der Waals surface area contributed by atoms with Crippen molar-refractivity contribution in [1.82, 2.24) is 4.90 Å². The zero-order valence-electron chi connectivity index (χ0n) is 16.2. The molecule has 0 unspecified atom stereocenters. The molecule has 2 amide bonds. The van der Waals surface area contributed by atoms with Crippen molar-refractivity contribution in [3.63, 3.8) is 0 Å². The lowest BCUT2D eigenvalue weighted by atomic mass is 10.1. The number of carbonyl (C=O) groups is 2. The summed E-state index contributed by atoms with van der Waals surface area (Å²) in [5, 5.41) is 0. The average molecular weight is 444 g/mol. The number of halogens is 1. The van der Waals surface area contributed by atoms with E-state index in [2.05, 4.69) is 22.9 Å². The predicted octanol–water partition coefficient (Wildman–Crippen LogP) is 6.26. The molecule has 0 N–H and O–H groups in total. The third-order valence-electron chi connectivity index (χ3n) is 4.98. The molecule has 1 aliphatic heterocycles. The highest BCUT2D eigenvalue weighted by molar-refractivity contribution is 9.10. The van der Waals surface area contributed by atoms with Gasteiger partial charge in [0.2, 0.25) is 12.1 Å². The summed E-state index contributed by atoms with van der Waals surface area (Å²) >= 11 is 3.42. The number of fused-ring (bicyclic) bond motifs is 1. The molecule has 0 saturated heterocycles. The minimum Gasteiger partial charge on any atom is -0.465 e. The van der Waals surface area contributed by atoms with Gasteiger partial charge in [0.1, 0.15) is 5.75 Å². The number of unbranched alkanes of at least 4 members (excludes halogenated alkanes) is 5. The van der Waals surface area contributed by atoms with Crippen LogP contribution in [0, 0.1) is 0 Å². The monoisotopic (exact) mass is 443 g/mol. The highest BCUT2D eigenvalue weighted by Crippen LogP contribution is 2.36. The van der Waals surface area contributed by atoms with Crippen LogP contribution in [0.2, 0.25) is 0 Å². The SMILES string of the molecule is CCCCCCCCC(=O)N1C(=O)c2ccccc2O[C@H]1c1ccc(Br)cc1. The van der Waals surface area contributed by atoms with E-state index in [0.29, 0.717) is 17.7 Å². The summed E-state index contributed by atoms with van der Waals surface area (Å²) in [6.07, 6.45) is 6.19. The van der Waals surface area contributed by atoms with E-state index in [1.165, 1.54) is 24.2 Å². The van der Waals surface area contributed by atoms with Gasteiger partial charge >= 0.3 is 0 Å². The summed E-state index contributed by atoms with van der Waals surface area (Å²) in [5.74, 6) is 0.0534. The fraction of sp³-hybridized carbons (Fsp3) is 0.391. The van der Waals surface area contributed by atoms with E-state index < -0.39 is 6.23 Å². The maximum absolute atomic E-state index is 13.1. The Bertz CT molecular complexity index is 819. The molecule has 1 aliphatic rings. The van der Waals surface area contributed by atoms with Crippen LogP contribution in [0.25, 0.3) is 0 Å². The molecule has 2 aromatic carbocycles. The predicted molar refractivity (Wildman–Crippen MR) is 113 cm³/mol. The van der Waals surface area contributed by atoms with Gasteiger partial charge < -0.3 is 4.74 Å². The van der Waals surface area contributed by atoms with Crippen LogP contribution in [-0.2, 0) is 4.79 Å². The normalized spacial score (nSPS) is 15.9. The van der Waals surface area contributed by atoms with Crippen LogP contribution in [0.1, 0.15) is 74.0 Å². The molecule has 2 aromatic rings. The number of para-hydroxylation sites is 1. The van der Waals surface area contributed by atoms with Crippen LogP contribution in [0.4, 0.5) is 0 Å². The van der Waals surface area contributed by atoms with Crippen molar-refractivity contribution in [2.75, 3.05) is 0 Å². The first-order valence-corrected chi connectivity index (χ1v) is 10.8. The lowest BCUT2D eigenvalue weighted by Crippen LogP contribution is -2.45. The first kappa shape index (κ1) is 20.6. The number of imide groups is 1. The highest BCUT2D eigenvalue weighted by Gasteiger charge is 2.38. The molecular formula is C23H26BrNO3. The second kappa shape index (κ2) is 9.87. The Kier molecular flexibility index (Phi) is 7.26. The van der Waals surface area contributed by atoms with E-state index in [-0.39, 0.29) is 11.8 Å². The van der Waals surface area contributed by atoms with Crippen molar-refractivity contribution < 1.29 is 14.3 Å². The smallest absolute Gasteiger partial charge is 0.267 e. The molecule has 0 spiro atoms. The van der Waals surface area contributed by atoms with Crippen LogP contribution in [-0.4, -0.2) is 16.7 Å². The Morgan fingerprint density at radius 1 is 1.00 bits per heavy atom. The Balaban J connectivity index is 1.77.